The lowest BCUT2D eigenvalue weighted by Crippen LogP contribution is -2.13. The molecule has 18 heavy (non-hydrogen) atoms. The van der Waals surface area contributed by atoms with Gasteiger partial charge in [-0.2, -0.15) is 0 Å². The van der Waals surface area contributed by atoms with Crippen molar-refractivity contribution in [2.45, 2.75) is 45.4 Å². The lowest BCUT2D eigenvalue weighted by Gasteiger charge is -2.07. The zero-order chi connectivity index (χ0) is 13.2. The first-order valence-electron chi connectivity index (χ1n) is 6.67. The van der Waals surface area contributed by atoms with E-state index in [9.17, 15) is 0 Å². The number of aromatic nitrogens is 1. The summed E-state index contributed by atoms with van der Waals surface area (Å²) in [6.07, 6.45) is 9.11. The van der Waals surface area contributed by atoms with Crippen molar-refractivity contribution in [3.8, 4) is 5.75 Å². The monoisotopic (exact) mass is 249 g/mol. The van der Waals surface area contributed by atoms with E-state index in [-0.39, 0.29) is 5.84 Å². The Morgan fingerprint density at radius 1 is 1.28 bits per heavy atom. The SMILES string of the molecule is CCCCCCCCOc1ccnc(C(=N)N)c1. The molecule has 0 fully saturated rings. The summed E-state index contributed by atoms with van der Waals surface area (Å²) in [6, 6.07) is 3.50. The topological polar surface area (TPSA) is 72.0 Å². The molecule has 0 unspecified atom stereocenters. The highest BCUT2D eigenvalue weighted by Crippen LogP contribution is 2.12. The predicted octanol–water partition coefficient (Wildman–Crippen LogP) is 3.10. The first-order chi connectivity index (χ1) is 8.74. The minimum Gasteiger partial charge on any atom is -0.493 e. The Labute approximate surface area is 109 Å². The summed E-state index contributed by atoms with van der Waals surface area (Å²) in [5.74, 6) is 0.712. The highest BCUT2D eigenvalue weighted by molar-refractivity contribution is 5.93. The van der Waals surface area contributed by atoms with Crippen LogP contribution in [0.15, 0.2) is 18.3 Å². The second-order valence-electron chi connectivity index (χ2n) is 4.41. The molecule has 0 saturated carbocycles. The minimum absolute atomic E-state index is 0.0278. The smallest absolute Gasteiger partial charge is 0.141 e. The second-order valence-corrected chi connectivity index (χ2v) is 4.41. The van der Waals surface area contributed by atoms with Gasteiger partial charge in [-0.25, -0.2) is 0 Å². The van der Waals surface area contributed by atoms with Crippen LogP contribution >= 0.6 is 0 Å². The van der Waals surface area contributed by atoms with Crippen molar-refractivity contribution in [3.05, 3.63) is 24.0 Å². The number of pyridine rings is 1. The number of hydrogen-bond acceptors (Lipinski definition) is 3. The normalized spacial score (nSPS) is 10.3. The van der Waals surface area contributed by atoms with Crippen LogP contribution in [0, 0.1) is 5.41 Å². The van der Waals surface area contributed by atoms with E-state index in [0.29, 0.717) is 12.3 Å². The lowest BCUT2D eigenvalue weighted by molar-refractivity contribution is 0.304. The Morgan fingerprint density at radius 2 is 2.00 bits per heavy atom. The molecule has 1 heterocycles. The van der Waals surface area contributed by atoms with Gasteiger partial charge in [-0.15, -0.1) is 0 Å². The zero-order valence-electron chi connectivity index (χ0n) is 11.1. The summed E-state index contributed by atoms with van der Waals surface area (Å²) in [7, 11) is 0. The Morgan fingerprint density at radius 3 is 2.72 bits per heavy atom. The van der Waals surface area contributed by atoms with Gasteiger partial charge in [-0.1, -0.05) is 39.0 Å². The van der Waals surface area contributed by atoms with E-state index in [4.69, 9.17) is 15.9 Å². The number of amidine groups is 1. The third-order valence-corrected chi connectivity index (χ3v) is 2.77. The number of nitrogens with zero attached hydrogens (tertiary/aromatic N) is 1. The molecule has 0 aromatic carbocycles. The summed E-state index contributed by atoms with van der Waals surface area (Å²) in [5, 5.41) is 7.30. The van der Waals surface area contributed by atoms with Gasteiger partial charge in [0.1, 0.15) is 17.3 Å². The number of rotatable bonds is 9. The van der Waals surface area contributed by atoms with Gasteiger partial charge in [0.05, 0.1) is 6.61 Å². The Balaban J connectivity index is 2.19. The molecule has 1 aromatic rings. The van der Waals surface area contributed by atoms with E-state index in [1.165, 1.54) is 32.1 Å². The summed E-state index contributed by atoms with van der Waals surface area (Å²) in [6.45, 7) is 2.94. The third kappa shape index (κ3) is 5.66. The molecule has 1 rings (SSSR count). The molecule has 100 valence electrons. The van der Waals surface area contributed by atoms with Crippen molar-refractivity contribution >= 4 is 5.84 Å². The average Bonchev–Trinajstić information content (AvgIpc) is 2.38. The molecule has 0 aliphatic rings. The van der Waals surface area contributed by atoms with Crippen LogP contribution < -0.4 is 10.5 Å². The second kappa shape index (κ2) is 8.50. The average molecular weight is 249 g/mol. The van der Waals surface area contributed by atoms with Gasteiger partial charge >= 0.3 is 0 Å². The highest BCUT2D eigenvalue weighted by atomic mass is 16.5. The van der Waals surface area contributed by atoms with Gasteiger partial charge in [0.2, 0.25) is 0 Å². The van der Waals surface area contributed by atoms with E-state index in [1.54, 1.807) is 18.3 Å². The highest BCUT2D eigenvalue weighted by Gasteiger charge is 2.00. The van der Waals surface area contributed by atoms with Gasteiger partial charge < -0.3 is 10.5 Å². The largest absolute Gasteiger partial charge is 0.493 e. The molecule has 0 aliphatic carbocycles. The fraction of sp³-hybridized carbons (Fsp3) is 0.571. The van der Waals surface area contributed by atoms with E-state index in [0.717, 1.165) is 12.2 Å². The van der Waals surface area contributed by atoms with Crippen LogP contribution in [0.25, 0.3) is 0 Å². The van der Waals surface area contributed by atoms with Crippen LogP contribution in [-0.2, 0) is 0 Å². The molecule has 0 aliphatic heterocycles. The molecule has 4 nitrogen and oxygen atoms in total. The van der Waals surface area contributed by atoms with Crippen molar-refractivity contribution in [2.24, 2.45) is 5.73 Å². The van der Waals surface area contributed by atoms with Crippen LogP contribution in [0.1, 0.15) is 51.1 Å². The number of nitrogen functional groups attached to an aromatic ring is 1. The Bertz CT molecular complexity index is 366. The van der Waals surface area contributed by atoms with Crippen molar-refractivity contribution < 1.29 is 4.74 Å². The van der Waals surface area contributed by atoms with Crippen LogP contribution in [0.2, 0.25) is 0 Å². The fourth-order valence-corrected chi connectivity index (χ4v) is 1.72. The van der Waals surface area contributed by atoms with E-state index >= 15 is 0 Å². The van der Waals surface area contributed by atoms with Gasteiger partial charge in [0, 0.05) is 12.3 Å². The van der Waals surface area contributed by atoms with Gasteiger partial charge in [-0.05, 0) is 12.5 Å². The molecule has 0 radical (unpaired) electrons. The van der Waals surface area contributed by atoms with E-state index in [2.05, 4.69) is 11.9 Å². The van der Waals surface area contributed by atoms with Gasteiger partial charge in [0.15, 0.2) is 0 Å². The third-order valence-electron chi connectivity index (χ3n) is 2.77. The van der Waals surface area contributed by atoms with Gasteiger partial charge in [-0.3, -0.25) is 10.4 Å². The maximum absolute atomic E-state index is 7.30. The zero-order valence-corrected chi connectivity index (χ0v) is 11.1. The lowest BCUT2D eigenvalue weighted by atomic mass is 10.1. The number of nitrogens with one attached hydrogen (secondary N) is 1. The molecule has 0 saturated heterocycles. The van der Waals surface area contributed by atoms with Crippen LogP contribution in [-0.4, -0.2) is 17.4 Å². The molecule has 0 spiro atoms. The van der Waals surface area contributed by atoms with Crippen LogP contribution in [0.4, 0.5) is 0 Å². The maximum Gasteiger partial charge on any atom is 0.141 e. The maximum atomic E-state index is 7.30. The van der Waals surface area contributed by atoms with Crippen molar-refractivity contribution in [2.75, 3.05) is 6.61 Å². The Kier molecular flexibility index (Phi) is 6.84. The number of nitrogens with two attached hydrogens (primary N) is 1. The predicted molar refractivity (Wildman–Crippen MR) is 74.1 cm³/mol. The standard InChI is InChI=1S/C14H23N3O/c1-2-3-4-5-6-7-10-18-12-8-9-17-13(11-12)14(15)16/h8-9,11H,2-7,10H2,1H3,(H3,15,16). The number of ether oxygens (including phenoxy) is 1. The molecule has 1 aromatic heterocycles. The molecule has 4 heteroatoms. The molecule has 0 bridgehead atoms. The molecular weight excluding hydrogens is 226 g/mol. The summed E-state index contributed by atoms with van der Waals surface area (Å²) in [4.78, 5) is 3.99. The van der Waals surface area contributed by atoms with Crippen LogP contribution in [0.3, 0.4) is 0 Å². The van der Waals surface area contributed by atoms with Crippen molar-refractivity contribution in [1.29, 1.82) is 5.41 Å². The number of unbranched alkanes of at least 4 members (excludes halogenated alkanes) is 5. The fourth-order valence-electron chi connectivity index (χ4n) is 1.72. The summed E-state index contributed by atoms with van der Waals surface area (Å²) < 4.78 is 5.61. The molecule has 0 amide bonds. The molecular formula is C14H23N3O. The van der Waals surface area contributed by atoms with Crippen molar-refractivity contribution in [1.82, 2.24) is 4.98 Å². The minimum atomic E-state index is -0.0278. The first-order valence-corrected chi connectivity index (χ1v) is 6.67. The quantitative estimate of drug-likeness (QED) is 0.401. The molecule has 3 N–H and O–H groups in total. The van der Waals surface area contributed by atoms with E-state index < -0.39 is 0 Å². The van der Waals surface area contributed by atoms with E-state index in [1.807, 2.05) is 0 Å². The number of hydrogen-bond donors (Lipinski definition) is 2. The van der Waals surface area contributed by atoms with Crippen molar-refractivity contribution in [3.63, 3.8) is 0 Å². The summed E-state index contributed by atoms with van der Waals surface area (Å²) >= 11 is 0. The summed E-state index contributed by atoms with van der Waals surface area (Å²) in [5.41, 5.74) is 5.84. The molecule has 0 atom stereocenters. The van der Waals surface area contributed by atoms with Gasteiger partial charge in [0.25, 0.3) is 0 Å². The first kappa shape index (κ1) is 14.5. The Hall–Kier alpha value is -1.58. The van der Waals surface area contributed by atoms with Crippen LogP contribution in [0.5, 0.6) is 5.75 Å².